The van der Waals surface area contributed by atoms with E-state index in [1.54, 1.807) is 0 Å². The first-order valence-electron chi connectivity index (χ1n) is 5.60. The molecule has 14 heavy (non-hydrogen) atoms. The van der Waals surface area contributed by atoms with Gasteiger partial charge in [-0.2, -0.15) is 0 Å². The fraction of sp³-hybridized carbons (Fsp3) is 0.909. The van der Waals surface area contributed by atoms with Crippen LogP contribution in [-0.2, 0) is 4.79 Å². The first-order chi connectivity index (χ1) is 6.61. The highest BCUT2D eigenvalue weighted by Gasteiger charge is 2.22. The Morgan fingerprint density at radius 2 is 2.00 bits per heavy atom. The van der Waals surface area contributed by atoms with E-state index in [1.165, 1.54) is 0 Å². The smallest absolute Gasteiger partial charge is 0.220 e. The highest BCUT2D eigenvalue weighted by atomic mass is 16.1. The molecular formula is C11H24N2O. The number of nitrogens with one attached hydrogen (secondary N) is 1. The van der Waals surface area contributed by atoms with Gasteiger partial charge in [0.15, 0.2) is 0 Å². The second kappa shape index (κ2) is 6.82. The minimum absolute atomic E-state index is 0.198. The molecule has 1 fully saturated rings. The third kappa shape index (κ3) is 4.09. The molecule has 84 valence electrons. The lowest BCUT2D eigenvalue weighted by atomic mass is 10.0. The molecule has 1 aliphatic rings. The van der Waals surface area contributed by atoms with Crippen molar-refractivity contribution in [2.75, 3.05) is 13.6 Å². The molecule has 0 spiro atoms. The lowest BCUT2D eigenvalue weighted by Crippen LogP contribution is -2.48. The van der Waals surface area contributed by atoms with Crippen LogP contribution in [0.25, 0.3) is 0 Å². The predicted octanol–water partition coefficient (Wildman–Crippen LogP) is 1.63. The van der Waals surface area contributed by atoms with E-state index in [0.29, 0.717) is 18.5 Å². The molecule has 0 aromatic carbocycles. The van der Waals surface area contributed by atoms with Gasteiger partial charge in [0.1, 0.15) is 0 Å². The Kier molecular flexibility index (Phi) is 6.54. The molecule has 0 aliphatic carbocycles. The number of rotatable bonds is 2. The average molecular weight is 200 g/mol. The van der Waals surface area contributed by atoms with Crippen molar-refractivity contribution in [3.8, 4) is 0 Å². The molecule has 1 rings (SSSR count). The number of carbonyl (C=O) groups is 1. The summed E-state index contributed by atoms with van der Waals surface area (Å²) < 4.78 is 0. The molecule has 0 bridgehead atoms. The van der Waals surface area contributed by atoms with E-state index in [9.17, 15) is 4.79 Å². The molecule has 0 saturated carbocycles. The molecule has 1 atom stereocenters. The summed E-state index contributed by atoms with van der Waals surface area (Å²) in [5, 5.41) is 2.89. The van der Waals surface area contributed by atoms with Crippen molar-refractivity contribution in [1.29, 1.82) is 0 Å². The van der Waals surface area contributed by atoms with E-state index in [4.69, 9.17) is 0 Å². The summed E-state index contributed by atoms with van der Waals surface area (Å²) in [6.45, 7) is 9.17. The Hall–Kier alpha value is -0.570. The summed E-state index contributed by atoms with van der Waals surface area (Å²) in [5.74, 6) is 0.198. The minimum atomic E-state index is 0.198. The van der Waals surface area contributed by atoms with Gasteiger partial charge in [-0.3, -0.25) is 9.69 Å². The van der Waals surface area contributed by atoms with Crippen LogP contribution in [0.4, 0.5) is 0 Å². The fourth-order valence-corrected chi connectivity index (χ4v) is 1.49. The van der Waals surface area contributed by atoms with Crippen molar-refractivity contribution < 1.29 is 4.79 Å². The second-order valence-electron chi connectivity index (χ2n) is 3.76. The zero-order valence-electron chi connectivity index (χ0n) is 10.1. The normalized spacial score (nSPS) is 21.6. The summed E-state index contributed by atoms with van der Waals surface area (Å²) in [7, 11) is 2.12. The molecule has 0 aromatic rings. The topological polar surface area (TPSA) is 32.3 Å². The molecule has 1 heterocycles. The van der Waals surface area contributed by atoms with Crippen molar-refractivity contribution in [2.45, 2.75) is 52.6 Å². The van der Waals surface area contributed by atoms with Crippen molar-refractivity contribution in [3.05, 3.63) is 0 Å². The van der Waals surface area contributed by atoms with E-state index in [-0.39, 0.29) is 5.91 Å². The monoisotopic (exact) mass is 200 g/mol. The van der Waals surface area contributed by atoms with Gasteiger partial charge < -0.3 is 5.32 Å². The minimum Gasteiger partial charge on any atom is -0.355 e. The largest absolute Gasteiger partial charge is 0.355 e. The predicted molar refractivity (Wildman–Crippen MR) is 60.3 cm³/mol. The molecule has 1 aliphatic heterocycles. The van der Waals surface area contributed by atoms with Crippen LogP contribution in [0, 0.1) is 0 Å². The molecule has 0 radical (unpaired) electrons. The Morgan fingerprint density at radius 1 is 1.43 bits per heavy atom. The van der Waals surface area contributed by atoms with Gasteiger partial charge in [0.05, 0.1) is 0 Å². The highest BCUT2D eigenvalue weighted by Crippen LogP contribution is 2.11. The summed E-state index contributed by atoms with van der Waals surface area (Å²) in [6.07, 6.45) is 1.68. The van der Waals surface area contributed by atoms with Gasteiger partial charge in [-0.15, -0.1) is 0 Å². The Bertz CT molecular complexity index is 159. The van der Waals surface area contributed by atoms with Crippen LogP contribution >= 0.6 is 0 Å². The van der Waals surface area contributed by atoms with E-state index in [0.717, 1.165) is 13.0 Å². The van der Waals surface area contributed by atoms with E-state index in [1.807, 2.05) is 13.8 Å². The molecule has 3 nitrogen and oxygen atoms in total. The number of nitrogens with zero attached hydrogens (tertiary/aromatic N) is 1. The fourth-order valence-electron chi connectivity index (χ4n) is 1.49. The van der Waals surface area contributed by atoms with E-state index >= 15 is 0 Å². The first-order valence-corrected chi connectivity index (χ1v) is 5.60. The lowest BCUT2D eigenvalue weighted by Gasteiger charge is -2.33. The van der Waals surface area contributed by atoms with Crippen LogP contribution in [-0.4, -0.2) is 36.5 Å². The SMILES string of the molecule is CC.CC(C)N(C)C1CCC(=O)NC1. The van der Waals surface area contributed by atoms with Crippen LogP contribution in [0.2, 0.25) is 0 Å². The summed E-state index contributed by atoms with van der Waals surface area (Å²) >= 11 is 0. The quantitative estimate of drug-likeness (QED) is 0.735. The molecule has 1 unspecified atom stereocenters. The third-order valence-corrected chi connectivity index (χ3v) is 2.63. The zero-order chi connectivity index (χ0) is 11.1. The van der Waals surface area contributed by atoms with Gasteiger partial charge in [-0.05, 0) is 27.3 Å². The van der Waals surface area contributed by atoms with Crippen LogP contribution in [0.3, 0.4) is 0 Å². The van der Waals surface area contributed by atoms with Gasteiger partial charge in [-0.1, -0.05) is 13.8 Å². The summed E-state index contributed by atoms with van der Waals surface area (Å²) in [5.41, 5.74) is 0. The maximum absolute atomic E-state index is 10.9. The van der Waals surface area contributed by atoms with Gasteiger partial charge >= 0.3 is 0 Å². The van der Waals surface area contributed by atoms with Gasteiger partial charge in [0, 0.05) is 25.0 Å². The highest BCUT2D eigenvalue weighted by molar-refractivity contribution is 5.76. The summed E-state index contributed by atoms with van der Waals surface area (Å²) in [4.78, 5) is 13.2. The standard InChI is InChI=1S/C9H18N2O.C2H6/c1-7(2)11(3)8-4-5-9(12)10-6-8;1-2/h7-8H,4-6H2,1-3H3,(H,10,12);1-2H3. The Balaban J connectivity index is 0.000000791. The maximum atomic E-state index is 10.9. The van der Waals surface area contributed by atoms with Crippen LogP contribution in [0.1, 0.15) is 40.5 Å². The maximum Gasteiger partial charge on any atom is 0.220 e. The van der Waals surface area contributed by atoms with Crippen LogP contribution in [0.15, 0.2) is 0 Å². The number of likely N-dealkylation sites (N-methyl/N-ethyl adjacent to an activating group) is 1. The molecular weight excluding hydrogens is 176 g/mol. The number of amides is 1. The Labute approximate surface area is 87.9 Å². The van der Waals surface area contributed by atoms with Crippen LogP contribution in [0.5, 0.6) is 0 Å². The van der Waals surface area contributed by atoms with Crippen molar-refractivity contribution in [3.63, 3.8) is 0 Å². The second-order valence-corrected chi connectivity index (χ2v) is 3.76. The van der Waals surface area contributed by atoms with Gasteiger partial charge in [0.25, 0.3) is 0 Å². The molecule has 1 N–H and O–H groups in total. The van der Waals surface area contributed by atoms with Gasteiger partial charge in [0.2, 0.25) is 5.91 Å². The molecule has 0 aromatic heterocycles. The van der Waals surface area contributed by atoms with Crippen molar-refractivity contribution >= 4 is 5.91 Å². The molecule has 3 heteroatoms. The van der Waals surface area contributed by atoms with E-state index < -0.39 is 0 Å². The zero-order valence-corrected chi connectivity index (χ0v) is 10.1. The van der Waals surface area contributed by atoms with E-state index in [2.05, 4.69) is 31.1 Å². The third-order valence-electron chi connectivity index (χ3n) is 2.63. The molecule has 1 saturated heterocycles. The number of hydrogen-bond acceptors (Lipinski definition) is 2. The Morgan fingerprint density at radius 3 is 2.36 bits per heavy atom. The lowest BCUT2D eigenvalue weighted by molar-refractivity contribution is -0.123. The van der Waals surface area contributed by atoms with Crippen molar-refractivity contribution in [2.24, 2.45) is 0 Å². The molecule has 1 amide bonds. The first kappa shape index (κ1) is 13.4. The number of carbonyl (C=O) groups excluding carboxylic acids is 1. The average Bonchev–Trinajstić information content (AvgIpc) is 2.21. The van der Waals surface area contributed by atoms with Gasteiger partial charge in [-0.25, -0.2) is 0 Å². The number of hydrogen-bond donors (Lipinski definition) is 1. The van der Waals surface area contributed by atoms with Crippen molar-refractivity contribution in [1.82, 2.24) is 10.2 Å². The summed E-state index contributed by atoms with van der Waals surface area (Å²) in [6, 6.07) is 1.09. The number of piperidine rings is 1. The van der Waals surface area contributed by atoms with Crippen LogP contribution < -0.4 is 5.32 Å².